The maximum absolute atomic E-state index is 11.8. The highest BCUT2D eigenvalue weighted by Gasteiger charge is 2.25. The van der Waals surface area contributed by atoms with Crippen molar-refractivity contribution < 1.29 is 9.90 Å². The lowest BCUT2D eigenvalue weighted by Crippen LogP contribution is -2.47. The number of rotatable bonds is 3. The Labute approximate surface area is 143 Å². The van der Waals surface area contributed by atoms with Gasteiger partial charge in [-0.1, -0.05) is 6.07 Å². The lowest BCUT2D eigenvalue weighted by molar-refractivity contribution is 0.0688. The number of nitrogens with two attached hydrogens (primary N) is 1. The molecule has 9 heteroatoms. The van der Waals surface area contributed by atoms with Crippen LogP contribution in [0.25, 0.3) is 5.65 Å². The minimum atomic E-state index is -1.06. The first-order chi connectivity index (χ1) is 12.1. The Morgan fingerprint density at radius 1 is 1.08 bits per heavy atom. The Bertz CT molecular complexity index is 917. The quantitative estimate of drug-likeness (QED) is 0.718. The van der Waals surface area contributed by atoms with E-state index in [1.54, 1.807) is 18.3 Å². The van der Waals surface area contributed by atoms with E-state index in [0.29, 0.717) is 24.4 Å². The molecule has 1 aliphatic heterocycles. The Hall–Kier alpha value is -3.36. The van der Waals surface area contributed by atoms with Gasteiger partial charge in [0.15, 0.2) is 11.3 Å². The summed E-state index contributed by atoms with van der Waals surface area (Å²) in [4.78, 5) is 24.4. The monoisotopic (exact) mass is 339 g/mol. The number of fused-ring (bicyclic) bond motifs is 1. The fourth-order valence-corrected chi connectivity index (χ4v) is 3.13. The number of carbonyl (C=O) groups is 1. The van der Waals surface area contributed by atoms with E-state index >= 15 is 0 Å². The molecule has 0 aromatic carbocycles. The van der Waals surface area contributed by atoms with E-state index in [1.807, 2.05) is 23.1 Å². The predicted molar refractivity (Wildman–Crippen MR) is 93.0 cm³/mol. The summed E-state index contributed by atoms with van der Waals surface area (Å²) in [5, 5.41) is 13.7. The van der Waals surface area contributed by atoms with Crippen molar-refractivity contribution in [1.82, 2.24) is 19.6 Å². The van der Waals surface area contributed by atoms with Crippen molar-refractivity contribution in [3.8, 4) is 0 Å². The zero-order valence-corrected chi connectivity index (χ0v) is 13.4. The molecule has 0 spiro atoms. The SMILES string of the molecule is Nc1nc2ccc(N3CCN(c4ccccn4)CC3)c(C(=O)O)n2n1. The van der Waals surface area contributed by atoms with Crippen molar-refractivity contribution in [2.24, 2.45) is 0 Å². The van der Waals surface area contributed by atoms with Crippen molar-refractivity contribution in [1.29, 1.82) is 0 Å². The van der Waals surface area contributed by atoms with Crippen molar-refractivity contribution >= 4 is 29.1 Å². The molecule has 1 aliphatic rings. The Balaban J connectivity index is 1.63. The van der Waals surface area contributed by atoms with Gasteiger partial charge in [-0.15, -0.1) is 5.10 Å². The van der Waals surface area contributed by atoms with E-state index < -0.39 is 5.97 Å². The Kier molecular flexibility index (Phi) is 3.60. The topological polar surface area (TPSA) is 113 Å². The molecular formula is C16H17N7O2. The van der Waals surface area contributed by atoms with Gasteiger partial charge in [0.1, 0.15) is 5.82 Å². The molecule has 1 saturated heterocycles. The first-order valence-electron chi connectivity index (χ1n) is 7.93. The number of carboxylic acids is 1. The summed E-state index contributed by atoms with van der Waals surface area (Å²) in [6.07, 6.45) is 1.77. The first-order valence-corrected chi connectivity index (χ1v) is 7.93. The van der Waals surface area contributed by atoms with E-state index in [-0.39, 0.29) is 11.6 Å². The summed E-state index contributed by atoms with van der Waals surface area (Å²) in [7, 11) is 0. The van der Waals surface area contributed by atoms with Crippen LogP contribution >= 0.6 is 0 Å². The average Bonchev–Trinajstić information content (AvgIpc) is 3.01. The van der Waals surface area contributed by atoms with Gasteiger partial charge in [0.25, 0.3) is 0 Å². The first kappa shape index (κ1) is 15.2. The highest BCUT2D eigenvalue weighted by atomic mass is 16.4. The molecular weight excluding hydrogens is 322 g/mol. The number of hydrogen-bond donors (Lipinski definition) is 2. The molecule has 0 atom stereocenters. The van der Waals surface area contributed by atoms with Gasteiger partial charge in [0, 0.05) is 32.4 Å². The third-order valence-electron chi connectivity index (χ3n) is 4.29. The normalized spacial score (nSPS) is 14.9. The average molecular weight is 339 g/mol. The Morgan fingerprint density at radius 3 is 2.52 bits per heavy atom. The zero-order valence-electron chi connectivity index (χ0n) is 13.4. The summed E-state index contributed by atoms with van der Waals surface area (Å²) in [6, 6.07) is 9.32. The maximum atomic E-state index is 11.8. The van der Waals surface area contributed by atoms with Crippen LogP contribution in [-0.4, -0.2) is 56.8 Å². The molecule has 0 bridgehead atoms. The van der Waals surface area contributed by atoms with Crippen LogP contribution in [0.4, 0.5) is 17.5 Å². The summed E-state index contributed by atoms with van der Waals surface area (Å²) in [5.74, 6) is -0.0719. The fourth-order valence-electron chi connectivity index (χ4n) is 3.13. The van der Waals surface area contributed by atoms with Gasteiger partial charge in [0.05, 0.1) is 5.69 Å². The van der Waals surface area contributed by atoms with Gasteiger partial charge >= 0.3 is 5.97 Å². The van der Waals surface area contributed by atoms with Crippen LogP contribution in [0.15, 0.2) is 36.5 Å². The lowest BCUT2D eigenvalue weighted by atomic mass is 10.2. The fraction of sp³-hybridized carbons (Fsp3) is 0.250. The number of hydrogen-bond acceptors (Lipinski definition) is 7. The minimum absolute atomic E-state index is 0.0552. The molecule has 4 heterocycles. The Morgan fingerprint density at radius 2 is 1.84 bits per heavy atom. The standard InChI is InChI=1S/C16H17N7O2/c17-16-19-13-5-4-11(14(15(24)25)23(13)20-16)21-7-9-22(10-8-21)12-3-1-2-6-18-12/h1-6H,7-10H2,(H2,17,20)(H,24,25). The van der Waals surface area contributed by atoms with Crippen molar-refractivity contribution in [3.05, 3.63) is 42.2 Å². The molecule has 25 heavy (non-hydrogen) atoms. The molecule has 0 amide bonds. The molecule has 0 aliphatic carbocycles. The molecule has 3 N–H and O–H groups in total. The van der Waals surface area contributed by atoms with Crippen LogP contribution in [0.1, 0.15) is 10.5 Å². The molecule has 1 fully saturated rings. The summed E-state index contributed by atoms with van der Waals surface area (Å²) in [6.45, 7) is 2.89. The lowest BCUT2D eigenvalue weighted by Gasteiger charge is -2.37. The predicted octanol–water partition coefficient (Wildman–Crippen LogP) is 0.731. The molecule has 3 aromatic rings. The smallest absolute Gasteiger partial charge is 0.356 e. The minimum Gasteiger partial charge on any atom is -0.476 e. The molecule has 9 nitrogen and oxygen atoms in total. The van der Waals surface area contributed by atoms with Crippen LogP contribution in [0.5, 0.6) is 0 Å². The van der Waals surface area contributed by atoms with Gasteiger partial charge in [-0.2, -0.15) is 4.98 Å². The maximum Gasteiger partial charge on any atom is 0.356 e. The number of aromatic carboxylic acids is 1. The molecule has 0 saturated carbocycles. The second kappa shape index (κ2) is 5.93. The molecule has 128 valence electrons. The number of nitrogens with zero attached hydrogens (tertiary/aromatic N) is 6. The number of carboxylic acid groups (broad SMARTS) is 1. The molecule has 4 rings (SSSR count). The van der Waals surface area contributed by atoms with Gasteiger partial charge in [0.2, 0.25) is 5.95 Å². The third kappa shape index (κ3) is 2.69. The van der Waals surface area contributed by atoms with E-state index in [4.69, 9.17) is 5.73 Å². The van der Waals surface area contributed by atoms with Gasteiger partial charge < -0.3 is 20.6 Å². The second-order valence-electron chi connectivity index (χ2n) is 5.77. The van der Waals surface area contributed by atoms with Crippen LogP contribution in [0, 0.1) is 0 Å². The van der Waals surface area contributed by atoms with Gasteiger partial charge in [-0.3, -0.25) is 0 Å². The van der Waals surface area contributed by atoms with Gasteiger partial charge in [-0.05, 0) is 24.3 Å². The van der Waals surface area contributed by atoms with Crippen molar-refractivity contribution in [3.63, 3.8) is 0 Å². The van der Waals surface area contributed by atoms with Crippen molar-refractivity contribution in [2.75, 3.05) is 41.7 Å². The van der Waals surface area contributed by atoms with Crippen LogP contribution in [0.3, 0.4) is 0 Å². The number of anilines is 3. The third-order valence-corrected chi connectivity index (χ3v) is 4.29. The zero-order chi connectivity index (χ0) is 17.4. The second-order valence-corrected chi connectivity index (χ2v) is 5.77. The largest absolute Gasteiger partial charge is 0.476 e. The van der Waals surface area contributed by atoms with E-state index in [9.17, 15) is 9.90 Å². The van der Waals surface area contributed by atoms with E-state index in [0.717, 1.165) is 18.9 Å². The summed E-state index contributed by atoms with van der Waals surface area (Å²) in [5.41, 5.74) is 6.72. The number of nitrogen functional groups attached to an aromatic ring is 1. The van der Waals surface area contributed by atoms with Crippen LogP contribution < -0.4 is 15.5 Å². The molecule has 3 aromatic heterocycles. The number of pyridine rings is 2. The van der Waals surface area contributed by atoms with E-state index in [2.05, 4.69) is 20.0 Å². The van der Waals surface area contributed by atoms with E-state index in [1.165, 1.54) is 4.52 Å². The highest BCUT2D eigenvalue weighted by Crippen LogP contribution is 2.24. The number of piperazine rings is 1. The van der Waals surface area contributed by atoms with Crippen LogP contribution in [-0.2, 0) is 0 Å². The molecule has 0 unspecified atom stereocenters. The summed E-state index contributed by atoms with van der Waals surface area (Å²) < 4.78 is 1.29. The van der Waals surface area contributed by atoms with Crippen LogP contribution in [0.2, 0.25) is 0 Å². The summed E-state index contributed by atoms with van der Waals surface area (Å²) >= 11 is 0. The van der Waals surface area contributed by atoms with Gasteiger partial charge in [-0.25, -0.2) is 14.3 Å². The highest BCUT2D eigenvalue weighted by molar-refractivity contribution is 5.93. The van der Waals surface area contributed by atoms with Crippen molar-refractivity contribution in [2.45, 2.75) is 0 Å². The molecule has 0 radical (unpaired) electrons. The number of aromatic nitrogens is 4.